The van der Waals surface area contributed by atoms with Crippen molar-refractivity contribution in [3.8, 4) is 0 Å². The number of rotatable bonds is 4. The maximum Gasteiger partial charge on any atom is 0.425 e. The lowest BCUT2D eigenvalue weighted by Crippen LogP contribution is -2.62. The molecule has 1 aliphatic heterocycles. The fourth-order valence-electron chi connectivity index (χ4n) is 3.48. The molecule has 0 saturated carbocycles. The maximum atomic E-state index is 14.3. The third-order valence-corrected chi connectivity index (χ3v) is 5.08. The number of furan rings is 1. The van der Waals surface area contributed by atoms with Crippen LogP contribution in [-0.2, 0) is 16.9 Å². The molecule has 0 spiro atoms. The zero-order valence-corrected chi connectivity index (χ0v) is 16.4. The summed E-state index contributed by atoms with van der Waals surface area (Å²) >= 11 is 0. The molecule has 0 saturated heterocycles. The summed E-state index contributed by atoms with van der Waals surface area (Å²) in [5.41, 5.74) is -6.76. The second-order valence-corrected chi connectivity index (χ2v) is 7.17. The van der Waals surface area contributed by atoms with Crippen LogP contribution >= 0.6 is 0 Å². The number of aromatic amines is 1. The average molecular weight is 448 g/mol. The second kappa shape index (κ2) is 7.25. The number of H-pyrrole nitrogens is 1. The Morgan fingerprint density at radius 1 is 1.16 bits per heavy atom. The van der Waals surface area contributed by atoms with E-state index in [9.17, 15) is 32.3 Å². The Hall–Kier alpha value is -4.09. The van der Waals surface area contributed by atoms with Gasteiger partial charge in [0.2, 0.25) is 0 Å². The molecule has 0 radical (unpaired) electrons. The van der Waals surface area contributed by atoms with Crippen molar-refractivity contribution in [3.63, 3.8) is 0 Å². The molecule has 166 valence electrons. The normalized spacial score (nSPS) is 17.7. The SMILES string of the molecule is Cc1ccc(C(=O)N[C@@]2(C(F)(F)F)C(=O)Nc3c2c(=O)[nH]c(=O)n3Cc2ccco2)cc1. The van der Waals surface area contributed by atoms with E-state index in [2.05, 4.69) is 0 Å². The van der Waals surface area contributed by atoms with Crippen LogP contribution < -0.4 is 21.9 Å². The second-order valence-electron chi connectivity index (χ2n) is 7.17. The highest BCUT2D eigenvalue weighted by Crippen LogP contribution is 2.45. The number of carbonyl (C=O) groups excluding carboxylic acids is 2. The van der Waals surface area contributed by atoms with Gasteiger partial charge in [0.25, 0.3) is 22.9 Å². The van der Waals surface area contributed by atoms with Gasteiger partial charge in [0.15, 0.2) is 0 Å². The molecule has 32 heavy (non-hydrogen) atoms. The summed E-state index contributed by atoms with van der Waals surface area (Å²) in [5.74, 6) is -3.44. The number of benzene rings is 1. The highest BCUT2D eigenvalue weighted by molar-refractivity contribution is 6.09. The quantitative estimate of drug-likeness (QED) is 0.559. The highest BCUT2D eigenvalue weighted by Gasteiger charge is 2.68. The molecule has 9 nitrogen and oxygen atoms in total. The largest absolute Gasteiger partial charge is 0.467 e. The Kier molecular flexibility index (Phi) is 4.79. The van der Waals surface area contributed by atoms with Crippen LogP contribution in [0.3, 0.4) is 0 Å². The van der Waals surface area contributed by atoms with E-state index in [0.29, 0.717) is 0 Å². The van der Waals surface area contributed by atoms with Crippen molar-refractivity contribution in [1.82, 2.24) is 14.9 Å². The van der Waals surface area contributed by atoms with Gasteiger partial charge in [-0.05, 0) is 31.2 Å². The van der Waals surface area contributed by atoms with E-state index in [-0.39, 0.29) is 17.9 Å². The van der Waals surface area contributed by atoms with E-state index < -0.39 is 46.2 Å². The first-order valence-electron chi connectivity index (χ1n) is 9.22. The predicted octanol–water partition coefficient (Wildman–Crippen LogP) is 1.63. The number of fused-ring (bicyclic) bond motifs is 1. The number of aryl methyl sites for hydroxylation is 1. The van der Waals surface area contributed by atoms with Gasteiger partial charge >= 0.3 is 11.9 Å². The van der Waals surface area contributed by atoms with E-state index in [1.165, 1.54) is 42.7 Å². The third-order valence-electron chi connectivity index (χ3n) is 5.08. The van der Waals surface area contributed by atoms with Crippen LogP contribution in [0.4, 0.5) is 19.0 Å². The third kappa shape index (κ3) is 3.20. The summed E-state index contributed by atoms with van der Waals surface area (Å²) in [6.07, 6.45) is -4.13. The van der Waals surface area contributed by atoms with Crippen molar-refractivity contribution in [2.24, 2.45) is 0 Å². The molecule has 0 bridgehead atoms. The molecule has 3 heterocycles. The summed E-state index contributed by atoms with van der Waals surface area (Å²) in [6, 6.07) is 8.52. The van der Waals surface area contributed by atoms with E-state index in [0.717, 1.165) is 10.1 Å². The van der Waals surface area contributed by atoms with Crippen LogP contribution in [0.5, 0.6) is 0 Å². The lowest BCUT2D eigenvalue weighted by molar-refractivity contribution is -0.196. The molecule has 3 aromatic rings. The summed E-state index contributed by atoms with van der Waals surface area (Å²) < 4.78 is 48.8. The molecule has 0 fully saturated rings. The van der Waals surface area contributed by atoms with Crippen molar-refractivity contribution in [2.45, 2.75) is 25.2 Å². The predicted molar refractivity (Wildman–Crippen MR) is 104 cm³/mol. The zero-order valence-electron chi connectivity index (χ0n) is 16.4. The Morgan fingerprint density at radius 3 is 2.44 bits per heavy atom. The first-order chi connectivity index (χ1) is 15.0. The van der Waals surface area contributed by atoms with Gasteiger partial charge in [0.1, 0.15) is 17.1 Å². The van der Waals surface area contributed by atoms with Crippen LogP contribution in [0, 0.1) is 6.92 Å². The molecule has 12 heteroatoms. The maximum absolute atomic E-state index is 14.3. The molecule has 1 aromatic carbocycles. The standard InChI is InChI=1S/C20H15F3N4O5/c1-10-4-6-11(7-5-10)15(28)26-19(20(21,22)23)13-14(24-17(19)30)27(18(31)25-16(13)29)9-12-3-2-8-32-12/h2-8H,9H2,1H3,(H,24,30)(H,26,28)(H,25,29,31)/t19-/m1/s1. The van der Waals surface area contributed by atoms with Crippen LogP contribution in [-0.4, -0.2) is 27.5 Å². The van der Waals surface area contributed by atoms with Gasteiger partial charge in [-0.15, -0.1) is 0 Å². The minimum absolute atomic E-state index is 0.152. The molecule has 1 aliphatic rings. The molecule has 0 aliphatic carbocycles. The van der Waals surface area contributed by atoms with Crippen molar-refractivity contribution in [2.75, 3.05) is 5.32 Å². The fraction of sp³-hybridized carbons (Fsp3) is 0.200. The number of nitrogens with zero attached hydrogens (tertiary/aromatic N) is 1. The molecule has 1 atom stereocenters. The van der Waals surface area contributed by atoms with Gasteiger partial charge in [-0.1, -0.05) is 17.7 Å². The van der Waals surface area contributed by atoms with Crippen LogP contribution in [0.2, 0.25) is 0 Å². The minimum Gasteiger partial charge on any atom is -0.467 e. The van der Waals surface area contributed by atoms with Gasteiger partial charge in [-0.3, -0.25) is 23.9 Å². The molecule has 2 amide bonds. The number of nitrogens with one attached hydrogen (secondary N) is 3. The lowest BCUT2D eigenvalue weighted by Gasteiger charge is -2.30. The van der Waals surface area contributed by atoms with E-state index in [4.69, 9.17) is 4.42 Å². The van der Waals surface area contributed by atoms with Crippen molar-refractivity contribution < 1.29 is 27.2 Å². The molecular formula is C20H15F3N4O5. The Bertz CT molecular complexity index is 1320. The Morgan fingerprint density at radius 2 is 1.84 bits per heavy atom. The van der Waals surface area contributed by atoms with Crippen LogP contribution in [0.25, 0.3) is 0 Å². The Labute approximate surface area is 176 Å². The molecule has 0 unspecified atom stereocenters. The van der Waals surface area contributed by atoms with Gasteiger partial charge < -0.3 is 15.1 Å². The van der Waals surface area contributed by atoms with Gasteiger partial charge in [-0.25, -0.2) is 4.79 Å². The first kappa shape index (κ1) is 21.2. The van der Waals surface area contributed by atoms with E-state index >= 15 is 0 Å². The summed E-state index contributed by atoms with van der Waals surface area (Å²) in [4.78, 5) is 52.0. The number of hydrogen-bond donors (Lipinski definition) is 3. The van der Waals surface area contributed by atoms with E-state index in [1.807, 2.05) is 5.32 Å². The first-order valence-corrected chi connectivity index (χ1v) is 9.22. The number of carbonyl (C=O) groups is 2. The topological polar surface area (TPSA) is 126 Å². The smallest absolute Gasteiger partial charge is 0.425 e. The molecule has 4 rings (SSSR count). The highest BCUT2D eigenvalue weighted by atomic mass is 19.4. The zero-order chi connectivity index (χ0) is 23.3. The van der Waals surface area contributed by atoms with Crippen LogP contribution in [0.15, 0.2) is 56.7 Å². The number of halogens is 3. The van der Waals surface area contributed by atoms with E-state index in [1.54, 1.807) is 17.2 Å². The monoisotopic (exact) mass is 448 g/mol. The average Bonchev–Trinajstić information content (AvgIpc) is 3.32. The summed E-state index contributed by atoms with van der Waals surface area (Å²) in [5, 5.41) is 3.64. The fourth-order valence-corrected chi connectivity index (χ4v) is 3.48. The number of alkyl halides is 3. The molecule has 3 N–H and O–H groups in total. The Balaban J connectivity index is 1.90. The number of hydrogen-bond acceptors (Lipinski definition) is 5. The lowest BCUT2D eigenvalue weighted by atomic mass is 9.91. The van der Waals surface area contributed by atoms with Crippen LogP contribution in [0.1, 0.15) is 27.2 Å². The minimum atomic E-state index is -5.41. The number of aromatic nitrogens is 2. The van der Waals surface area contributed by atoms with Crippen molar-refractivity contribution in [3.05, 3.63) is 86.0 Å². The van der Waals surface area contributed by atoms with Gasteiger partial charge in [0, 0.05) is 5.56 Å². The summed E-state index contributed by atoms with van der Waals surface area (Å²) in [6.45, 7) is 1.35. The molecule has 2 aromatic heterocycles. The van der Waals surface area contributed by atoms with Gasteiger partial charge in [-0.2, -0.15) is 13.2 Å². The number of anilines is 1. The number of amides is 2. The van der Waals surface area contributed by atoms with Crippen molar-refractivity contribution in [1.29, 1.82) is 0 Å². The van der Waals surface area contributed by atoms with Gasteiger partial charge in [0.05, 0.1) is 12.8 Å². The summed E-state index contributed by atoms with van der Waals surface area (Å²) in [7, 11) is 0. The van der Waals surface area contributed by atoms with Crippen molar-refractivity contribution >= 4 is 17.6 Å². The molecular weight excluding hydrogens is 433 g/mol.